The first-order valence-corrected chi connectivity index (χ1v) is 8.90. The maximum absolute atomic E-state index is 7.14. The number of nitrogens with one attached hydrogen (secondary N) is 1. The number of benzene rings is 2. The summed E-state index contributed by atoms with van der Waals surface area (Å²) < 4.78 is 7.67. The first-order valence-electron chi connectivity index (χ1n) is 7.68. The number of nitrogens with zero attached hydrogens (tertiary/aromatic N) is 3. The van der Waals surface area contributed by atoms with Crippen LogP contribution < -0.4 is 9.64 Å². The van der Waals surface area contributed by atoms with Gasteiger partial charge in [0.1, 0.15) is 10.9 Å². The highest BCUT2D eigenvalue weighted by molar-refractivity contribution is 7.73. The first kappa shape index (κ1) is 17.1. The number of aromatic amines is 1. The Morgan fingerprint density at radius 3 is 2.72 bits per heavy atom. The van der Waals surface area contributed by atoms with Gasteiger partial charge in [0.25, 0.3) is 0 Å². The van der Waals surface area contributed by atoms with Gasteiger partial charge in [-0.1, -0.05) is 18.2 Å². The minimum Gasteiger partial charge on any atom is -0.421 e. The van der Waals surface area contributed by atoms with Crippen molar-refractivity contribution < 1.29 is 4.74 Å². The maximum Gasteiger partial charge on any atom is 0.381 e. The van der Waals surface area contributed by atoms with E-state index in [0.29, 0.717) is 5.75 Å². The Bertz CT molecular complexity index is 999. The number of fused-ring (bicyclic) bond motifs is 1. The number of ether oxygens (including phenoxy) is 1. The normalized spacial score (nSPS) is 11.5. The van der Waals surface area contributed by atoms with Gasteiger partial charge in [0.2, 0.25) is 0 Å². The fourth-order valence-electron chi connectivity index (χ4n) is 2.47. The minimum absolute atomic E-state index is 0.0496. The average Bonchev–Trinajstić information content (AvgIpc) is 2.95. The molecule has 5 nitrogen and oxygen atoms in total. The lowest BCUT2D eigenvalue weighted by Crippen LogP contribution is -2.40. The van der Waals surface area contributed by atoms with Gasteiger partial charge in [0, 0.05) is 11.7 Å². The predicted molar refractivity (Wildman–Crippen MR) is 106 cm³/mol. The van der Waals surface area contributed by atoms with Crippen LogP contribution in [0.15, 0.2) is 53.6 Å². The van der Waals surface area contributed by atoms with Gasteiger partial charge >= 0.3 is 6.02 Å². The van der Waals surface area contributed by atoms with Crippen LogP contribution in [0.4, 0.5) is 5.69 Å². The van der Waals surface area contributed by atoms with Crippen molar-refractivity contribution in [2.45, 2.75) is 19.9 Å². The number of hydrogen-bond donors (Lipinski definition) is 1. The van der Waals surface area contributed by atoms with Crippen molar-refractivity contribution in [3.05, 3.63) is 64.0 Å². The van der Waals surface area contributed by atoms with Gasteiger partial charge in [0.05, 0.1) is 10.2 Å². The molecular formula is C18H16N4OS2. The molecule has 2 aromatic carbocycles. The summed E-state index contributed by atoms with van der Waals surface area (Å²) in [5.41, 5.74) is 1.89. The molecular weight excluding hydrogens is 352 g/mol. The number of H-pyrrole nitrogens is 1. The fourth-order valence-corrected chi connectivity index (χ4v) is 3.62. The number of para-hydroxylation sites is 1. The van der Waals surface area contributed by atoms with Crippen LogP contribution in [0.3, 0.4) is 0 Å². The van der Waals surface area contributed by atoms with E-state index >= 15 is 0 Å². The number of aromatic nitrogens is 1. The van der Waals surface area contributed by atoms with E-state index in [0.717, 1.165) is 19.9 Å². The number of anilines is 1. The molecule has 0 radical (unpaired) electrons. The summed E-state index contributed by atoms with van der Waals surface area (Å²) in [5, 5.41) is 3.89. The standard InChI is InChI=1S/C18H16N4OS2/c1-12(2)22(13-9-10-15-16(11-13)25-18(24)20-15)17(21-19-3)23-14-7-5-4-6-8-14/h4-12H,1-2H3,(H,20,24)/b21-17-. The Balaban J connectivity index is 2.03. The second-order valence-electron chi connectivity index (χ2n) is 5.56. The molecule has 0 aliphatic rings. The smallest absolute Gasteiger partial charge is 0.381 e. The van der Waals surface area contributed by atoms with Crippen molar-refractivity contribution in [1.29, 1.82) is 0 Å². The SMILES string of the molecule is [C-]#[N+]/N=C(\Oc1ccccc1)N(c1ccc2[nH]c(=S)sc2c1)C(C)C. The summed E-state index contributed by atoms with van der Waals surface area (Å²) >= 11 is 6.73. The molecule has 0 spiro atoms. The van der Waals surface area contributed by atoms with Crippen LogP contribution in [0.25, 0.3) is 15.2 Å². The van der Waals surface area contributed by atoms with Crippen molar-refractivity contribution >= 4 is 45.5 Å². The Labute approximate surface area is 155 Å². The van der Waals surface area contributed by atoms with Crippen molar-refractivity contribution in [3.8, 4) is 5.75 Å². The van der Waals surface area contributed by atoms with E-state index in [4.69, 9.17) is 23.5 Å². The van der Waals surface area contributed by atoms with Crippen LogP contribution in [-0.4, -0.2) is 17.0 Å². The number of thiazole rings is 1. The summed E-state index contributed by atoms with van der Waals surface area (Å²) in [6, 6.07) is 15.6. The van der Waals surface area contributed by atoms with Gasteiger partial charge < -0.3 is 9.72 Å². The molecule has 0 amide bonds. The fraction of sp³-hybridized carbons (Fsp3) is 0.167. The predicted octanol–water partition coefficient (Wildman–Crippen LogP) is 5.44. The van der Waals surface area contributed by atoms with Crippen LogP contribution in [-0.2, 0) is 0 Å². The van der Waals surface area contributed by atoms with Crippen LogP contribution in [0.2, 0.25) is 0 Å². The van der Waals surface area contributed by atoms with Gasteiger partial charge in [-0.15, -0.1) is 16.3 Å². The van der Waals surface area contributed by atoms with Crippen molar-refractivity contribution in [2.75, 3.05) is 4.90 Å². The molecule has 0 saturated carbocycles. The van der Waals surface area contributed by atoms with Crippen molar-refractivity contribution in [3.63, 3.8) is 0 Å². The third kappa shape index (κ3) is 3.87. The molecule has 0 saturated heterocycles. The van der Waals surface area contributed by atoms with Crippen LogP contribution in [0, 0.1) is 10.5 Å². The summed E-state index contributed by atoms with van der Waals surface area (Å²) in [7, 11) is 0. The number of rotatable bonds is 3. The van der Waals surface area contributed by atoms with E-state index in [2.05, 4.69) is 15.0 Å². The number of amidine groups is 1. The number of hydrogen-bond acceptors (Lipinski definition) is 4. The van der Waals surface area contributed by atoms with Crippen LogP contribution in [0.5, 0.6) is 5.75 Å². The first-order chi connectivity index (χ1) is 12.1. The topological polar surface area (TPSA) is 45.0 Å². The quantitative estimate of drug-likeness (QED) is 0.220. The van der Waals surface area contributed by atoms with Crippen LogP contribution in [0.1, 0.15) is 13.8 Å². The van der Waals surface area contributed by atoms with Gasteiger partial charge in [-0.3, -0.25) is 4.90 Å². The second-order valence-corrected chi connectivity index (χ2v) is 7.28. The zero-order valence-corrected chi connectivity index (χ0v) is 15.4. The molecule has 25 heavy (non-hydrogen) atoms. The molecule has 0 unspecified atom stereocenters. The summed E-state index contributed by atoms with van der Waals surface area (Å²) in [6.45, 7) is 11.2. The zero-order valence-electron chi connectivity index (χ0n) is 13.8. The van der Waals surface area contributed by atoms with E-state index in [-0.39, 0.29) is 12.1 Å². The van der Waals surface area contributed by atoms with Gasteiger partial charge in [-0.2, -0.15) is 6.57 Å². The second kappa shape index (κ2) is 7.47. The monoisotopic (exact) mass is 368 g/mol. The molecule has 3 rings (SSSR count). The van der Waals surface area contributed by atoms with Gasteiger partial charge in [-0.05, 0) is 56.4 Å². The van der Waals surface area contributed by atoms with E-state index in [1.54, 1.807) is 0 Å². The Hall–Kier alpha value is -2.69. The Kier molecular flexibility index (Phi) is 5.12. The molecule has 7 heteroatoms. The molecule has 0 aliphatic carbocycles. The largest absolute Gasteiger partial charge is 0.421 e. The van der Waals surface area contributed by atoms with E-state index in [9.17, 15) is 0 Å². The Morgan fingerprint density at radius 1 is 1.28 bits per heavy atom. The minimum atomic E-state index is 0.0496. The van der Waals surface area contributed by atoms with E-state index < -0.39 is 0 Å². The van der Waals surface area contributed by atoms with E-state index in [1.807, 2.05) is 67.3 Å². The lowest BCUT2D eigenvalue weighted by atomic mass is 10.2. The molecule has 1 heterocycles. The van der Waals surface area contributed by atoms with Gasteiger partial charge in [0.15, 0.2) is 3.95 Å². The highest BCUT2D eigenvalue weighted by Crippen LogP contribution is 2.27. The van der Waals surface area contributed by atoms with Crippen molar-refractivity contribution in [2.24, 2.45) is 5.10 Å². The molecule has 0 bridgehead atoms. The lowest BCUT2D eigenvalue weighted by molar-refractivity contribution is 0.522. The Morgan fingerprint density at radius 2 is 2.04 bits per heavy atom. The summed E-state index contributed by atoms with van der Waals surface area (Å²) in [5.74, 6) is 0.633. The highest BCUT2D eigenvalue weighted by atomic mass is 32.1. The molecule has 0 atom stereocenters. The highest BCUT2D eigenvalue weighted by Gasteiger charge is 2.23. The van der Waals surface area contributed by atoms with Crippen molar-refractivity contribution in [1.82, 2.24) is 4.98 Å². The summed E-state index contributed by atoms with van der Waals surface area (Å²) in [6.07, 6.45) is 0. The molecule has 1 aromatic heterocycles. The average molecular weight is 368 g/mol. The van der Waals surface area contributed by atoms with Crippen LogP contribution >= 0.6 is 23.6 Å². The molecule has 3 aromatic rings. The zero-order chi connectivity index (χ0) is 17.8. The molecule has 1 N–H and O–H groups in total. The van der Waals surface area contributed by atoms with Gasteiger partial charge in [-0.25, -0.2) is 0 Å². The van der Waals surface area contributed by atoms with E-state index in [1.165, 1.54) is 11.3 Å². The molecule has 0 fully saturated rings. The maximum atomic E-state index is 7.14. The lowest BCUT2D eigenvalue weighted by Gasteiger charge is -2.27. The third-order valence-corrected chi connectivity index (χ3v) is 4.69. The molecule has 126 valence electrons. The summed E-state index contributed by atoms with van der Waals surface area (Å²) in [4.78, 5) is 8.23. The third-order valence-electron chi connectivity index (χ3n) is 3.49. The molecule has 0 aliphatic heterocycles.